The van der Waals surface area contributed by atoms with Crippen LogP contribution in [-0.2, 0) is 0 Å². The number of benzene rings is 1. The fourth-order valence-corrected chi connectivity index (χ4v) is 3.35. The van der Waals surface area contributed by atoms with Crippen molar-refractivity contribution in [1.82, 2.24) is 15.2 Å². The molecule has 0 aliphatic rings. The Balaban J connectivity index is 1.74. The summed E-state index contributed by atoms with van der Waals surface area (Å²) in [5, 5.41) is 13.8. The number of nitrogens with one attached hydrogen (secondary N) is 2. The Kier molecular flexibility index (Phi) is 5.64. The average Bonchev–Trinajstić information content (AvgIpc) is 3.26. The Hall–Kier alpha value is -3.34. The summed E-state index contributed by atoms with van der Waals surface area (Å²) in [5.74, 6) is 1.54. The zero-order chi connectivity index (χ0) is 20.3. The van der Waals surface area contributed by atoms with Gasteiger partial charge in [0.25, 0.3) is 5.89 Å². The van der Waals surface area contributed by atoms with Gasteiger partial charge in [-0.1, -0.05) is 5.10 Å². The predicted octanol–water partition coefficient (Wildman–Crippen LogP) is 3.48. The molecule has 2 aromatic heterocycles. The van der Waals surface area contributed by atoms with E-state index in [-0.39, 0.29) is 6.01 Å². The van der Waals surface area contributed by atoms with E-state index in [1.807, 2.05) is 13.8 Å². The quantitative estimate of drug-likeness (QED) is 0.639. The molecule has 0 spiro atoms. The molecule has 0 saturated heterocycles. The van der Waals surface area contributed by atoms with Crippen LogP contribution in [-0.4, -0.2) is 42.5 Å². The number of ether oxygens (including phenoxy) is 3. The van der Waals surface area contributed by atoms with Crippen molar-refractivity contribution >= 4 is 29.1 Å². The number of carbonyl (C=O) groups excluding carboxylic acids is 1. The molecule has 0 saturated carbocycles. The van der Waals surface area contributed by atoms with Crippen LogP contribution in [0.15, 0.2) is 16.5 Å². The molecule has 2 heterocycles. The predicted molar refractivity (Wildman–Crippen MR) is 104 cm³/mol. The molecule has 0 fully saturated rings. The van der Waals surface area contributed by atoms with Gasteiger partial charge in [-0.05, 0) is 13.8 Å². The molecule has 1 aromatic carbocycles. The lowest BCUT2D eigenvalue weighted by atomic mass is 10.2. The van der Waals surface area contributed by atoms with Crippen LogP contribution >= 0.6 is 11.3 Å². The Bertz CT molecular complexity index is 975. The zero-order valence-electron chi connectivity index (χ0n) is 15.9. The molecule has 2 amide bonds. The number of thiazole rings is 1. The highest BCUT2D eigenvalue weighted by atomic mass is 32.1. The molecule has 0 unspecified atom stereocenters. The standard InChI is InChI=1S/C17H19N5O5S/c1-8-14(28-9(2)18-8)15-21-22-17(27-15)20-16(23)19-10-6-11(24-3)13(26-5)12(7-10)25-4/h6-7H,1-5H3,(H2,19,20,22,23). The van der Waals surface area contributed by atoms with Crippen molar-refractivity contribution in [1.29, 1.82) is 0 Å². The molecule has 28 heavy (non-hydrogen) atoms. The van der Waals surface area contributed by atoms with E-state index < -0.39 is 6.03 Å². The highest BCUT2D eigenvalue weighted by molar-refractivity contribution is 7.15. The number of anilines is 2. The van der Waals surface area contributed by atoms with E-state index >= 15 is 0 Å². The van der Waals surface area contributed by atoms with Crippen molar-refractivity contribution in [3.8, 4) is 28.0 Å². The van der Waals surface area contributed by atoms with E-state index in [4.69, 9.17) is 18.6 Å². The second-order valence-electron chi connectivity index (χ2n) is 5.55. The molecule has 11 heteroatoms. The van der Waals surface area contributed by atoms with Crippen molar-refractivity contribution in [3.63, 3.8) is 0 Å². The van der Waals surface area contributed by atoms with Crippen LogP contribution in [0.5, 0.6) is 17.2 Å². The molecular formula is C17H19N5O5S. The first-order valence-corrected chi connectivity index (χ1v) is 8.92. The van der Waals surface area contributed by atoms with Gasteiger partial charge < -0.3 is 23.9 Å². The van der Waals surface area contributed by atoms with Gasteiger partial charge in [0, 0.05) is 12.1 Å². The summed E-state index contributed by atoms with van der Waals surface area (Å²) in [4.78, 5) is 17.4. The van der Waals surface area contributed by atoms with Gasteiger partial charge in [-0.2, -0.15) is 0 Å². The first kappa shape index (κ1) is 19.4. The van der Waals surface area contributed by atoms with E-state index in [1.165, 1.54) is 32.7 Å². The number of aromatic nitrogens is 3. The number of nitrogens with zero attached hydrogens (tertiary/aromatic N) is 3. The lowest BCUT2D eigenvalue weighted by Crippen LogP contribution is -2.19. The molecule has 0 radical (unpaired) electrons. The number of amides is 2. The molecule has 148 valence electrons. The topological polar surface area (TPSA) is 121 Å². The van der Waals surface area contributed by atoms with Crippen molar-refractivity contribution in [2.75, 3.05) is 32.0 Å². The summed E-state index contributed by atoms with van der Waals surface area (Å²) in [6, 6.07) is 2.60. The van der Waals surface area contributed by atoms with Crippen LogP contribution in [0.2, 0.25) is 0 Å². The fraction of sp³-hybridized carbons (Fsp3) is 0.294. The van der Waals surface area contributed by atoms with Gasteiger partial charge in [0.2, 0.25) is 5.75 Å². The Morgan fingerprint density at radius 3 is 2.25 bits per heavy atom. The van der Waals surface area contributed by atoms with Crippen LogP contribution in [0, 0.1) is 13.8 Å². The molecule has 3 rings (SSSR count). The Labute approximate surface area is 164 Å². The summed E-state index contributed by atoms with van der Waals surface area (Å²) in [5.41, 5.74) is 1.22. The maximum Gasteiger partial charge on any atom is 0.327 e. The van der Waals surface area contributed by atoms with Crippen LogP contribution in [0.1, 0.15) is 10.7 Å². The van der Waals surface area contributed by atoms with E-state index in [1.54, 1.807) is 12.1 Å². The second kappa shape index (κ2) is 8.13. The number of hydrogen-bond donors (Lipinski definition) is 2. The number of rotatable bonds is 6. The summed E-state index contributed by atoms with van der Waals surface area (Å²) in [6.45, 7) is 3.74. The third-order valence-electron chi connectivity index (χ3n) is 3.67. The van der Waals surface area contributed by atoms with Gasteiger partial charge in [-0.25, -0.2) is 9.78 Å². The molecular weight excluding hydrogens is 386 g/mol. The minimum Gasteiger partial charge on any atom is -0.493 e. The average molecular weight is 405 g/mol. The monoisotopic (exact) mass is 405 g/mol. The number of methoxy groups -OCH3 is 3. The van der Waals surface area contributed by atoms with Gasteiger partial charge in [-0.15, -0.1) is 16.4 Å². The van der Waals surface area contributed by atoms with Crippen LogP contribution in [0.25, 0.3) is 10.8 Å². The van der Waals surface area contributed by atoms with E-state index in [9.17, 15) is 4.79 Å². The minimum absolute atomic E-state index is 0.0367. The molecule has 0 atom stereocenters. The summed E-state index contributed by atoms with van der Waals surface area (Å²) < 4.78 is 21.3. The van der Waals surface area contributed by atoms with Crippen LogP contribution < -0.4 is 24.8 Å². The molecule has 3 aromatic rings. The highest BCUT2D eigenvalue weighted by Crippen LogP contribution is 2.40. The fourth-order valence-electron chi connectivity index (χ4n) is 2.51. The third kappa shape index (κ3) is 3.98. The lowest BCUT2D eigenvalue weighted by molar-refractivity contribution is 0.261. The van der Waals surface area contributed by atoms with Crippen LogP contribution in [0.4, 0.5) is 16.5 Å². The number of urea groups is 1. The molecule has 0 aliphatic carbocycles. The summed E-state index contributed by atoms with van der Waals surface area (Å²) in [6.07, 6.45) is 0. The van der Waals surface area contributed by atoms with Crippen molar-refractivity contribution in [3.05, 3.63) is 22.8 Å². The largest absolute Gasteiger partial charge is 0.493 e. The first-order valence-electron chi connectivity index (χ1n) is 8.11. The zero-order valence-corrected chi connectivity index (χ0v) is 16.8. The third-order valence-corrected chi connectivity index (χ3v) is 4.73. The van der Waals surface area contributed by atoms with Crippen LogP contribution in [0.3, 0.4) is 0 Å². The number of carbonyl (C=O) groups is 1. The van der Waals surface area contributed by atoms with Gasteiger partial charge in [0.15, 0.2) is 11.5 Å². The van der Waals surface area contributed by atoms with Crippen molar-refractivity contribution < 1.29 is 23.4 Å². The molecule has 0 aliphatic heterocycles. The van der Waals surface area contributed by atoms with Gasteiger partial charge in [0.05, 0.1) is 37.7 Å². The van der Waals surface area contributed by atoms with Gasteiger partial charge in [0.1, 0.15) is 4.88 Å². The Morgan fingerprint density at radius 2 is 1.71 bits per heavy atom. The van der Waals surface area contributed by atoms with Gasteiger partial charge >= 0.3 is 12.0 Å². The maximum atomic E-state index is 12.3. The molecule has 0 bridgehead atoms. The highest BCUT2D eigenvalue weighted by Gasteiger charge is 2.18. The lowest BCUT2D eigenvalue weighted by Gasteiger charge is -2.14. The second-order valence-corrected chi connectivity index (χ2v) is 6.76. The van der Waals surface area contributed by atoms with Gasteiger partial charge in [-0.3, -0.25) is 5.32 Å². The Morgan fingerprint density at radius 1 is 1.04 bits per heavy atom. The smallest absolute Gasteiger partial charge is 0.327 e. The summed E-state index contributed by atoms with van der Waals surface area (Å²) >= 11 is 1.44. The number of hydrogen-bond acceptors (Lipinski definition) is 9. The van der Waals surface area contributed by atoms with E-state index in [2.05, 4.69) is 25.8 Å². The van der Waals surface area contributed by atoms with Crippen molar-refractivity contribution in [2.45, 2.75) is 13.8 Å². The van der Waals surface area contributed by atoms with E-state index in [0.717, 1.165) is 15.6 Å². The maximum absolute atomic E-state index is 12.3. The SMILES string of the molecule is COc1cc(NC(=O)Nc2nnc(-c3sc(C)nc3C)o2)cc(OC)c1OC. The normalized spacial score (nSPS) is 10.5. The van der Waals surface area contributed by atoms with Crippen molar-refractivity contribution in [2.24, 2.45) is 0 Å². The van der Waals surface area contributed by atoms with E-state index in [0.29, 0.717) is 28.8 Å². The molecule has 2 N–H and O–H groups in total. The minimum atomic E-state index is -0.568. The summed E-state index contributed by atoms with van der Waals surface area (Å²) in [7, 11) is 4.48. The number of aryl methyl sites for hydroxylation is 2. The molecule has 10 nitrogen and oxygen atoms in total. The first-order chi connectivity index (χ1) is 13.4.